The van der Waals surface area contributed by atoms with Crippen LogP contribution in [0.2, 0.25) is 0 Å². The SMILES string of the molecule is COC(C)(C)CC(=O)N1CCNC(=O)C1. The lowest BCUT2D eigenvalue weighted by molar-refractivity contribution is -0.142. The molecule has 15 heavy (non-hydrogen) atoms. The second kappa shape index (κ2) is 4.61. The first-order valence-corrected chi connectivity index (χ1v) is 5.04. The standard InChI is InChI=1S/C10H18N2O3/c1-10(2,15-3)6-9(14)12-5-4-11-8(13)7-12/h4-7H2,1-3H3,(H,11,13). The molecule has 1 aliphatic heterocycles. The normalized spacial score (nSPS) is 17.5. The van der Waals surface area contributed by atoms with Gasteiger partial charge in [-0.1, -0.05) is 0 Å². The van der Waals surface area contributed by atoms with E-state index in [4.69, 9.17) is 4.74 Å². The molecule has 2 amide bonds. The number of ether oxygens (including phenoxy) is 1. The van der Waals surface area contributed by atoms with Crippen LogP contribution in [0.1, 0.15) is 20.3 Å². The van der Waals surface area contributed by atoms with Crippen molar-refractivity contribution in [2.45, 2.75) is 25.9 Å². The van der Waals surface area contributed by atoms with Gasteiger partial charge in [-0.25, -0.2) is 0 Å². The largest absolute Gasteiger partial charge is 0.378 e. The van der Waals surface area contributed by atoms with Crippen LogP contribution in [-0.4, -0.2) is 49.1 Å². The van der Waals surface area contributed by atoms with Gasteiger partial charge in [-0.2, -0.15) is 0 Å². The first kappa shape index (κ1) is 12.0. The molecule has 0 aliphatic carbocycles. The zero-order valence-electron chi connectivity index (χ0n) is 9.50. The molecule has 1 aliphatic rings. The van der Waals surface area contributed by atoms with Crippen LogP contribution in [0.5, 0.6) is 0 Å². The van der Waals surface area contributed by atoms with Crippen LogP contribution in [0.4, 0.5) is 0 Å². The highest BCUT2D eigenvalue weighted by atomic mass is 16.5. The van der Waals surface area contributed by atoms with Gasteiger partial charge in [-0.05, 0) is 13.8 Å². The Bertz CT molecular complexity index is 263. The number of methoxy groups -OCH3 is 1. The Morgan fingerprint density at radius 2 is 2.27 bits per heavy atom. The summed E-state index contributed by atoms with van der Waals surface area (Å²) in [5.74, 6) is -0.124. The van der Waals surface area contributed by atoms with Gasteiger partial charge in [0.1, 0.15) is 0 Å². The van der Waals surface area contributed by atoms with Crippen LogP contribution in [0, 0.1) is 0 Å². The monoisotopic (exact) mass is 214 g/mol. The van der Waals surface area contributed by atoms with Gasteiger partial charge in [0.2, 0.25) is 11.8 Å². The highest BCUT2D eigenvalue weighted by molar-refractivity contribution is 5.86. The third-order valence-corrected chi connectivity index (χ3v) is 2.52. The molecule has 0 spiro atoms. The van der Waals surface area contributed by atoms with Crippen molar-refractivity contribution in [1.82, 2.24) is 10.2 Å². The maximum atomic E-state index is 11.8. The molecule has 0 aromatic carbocycles. The van der Waals surface area contributed by atoms with Crippen LogP contribution >= 0.6 is 0 Å². The summed E-state index contributed by atoms with van der Waals surface area (Å²) in [7, 11) is 1.58. The lowest BCUT2D eigenvalue weighted by atomic mass is 10.0. The van der Waals surface area contributed by atoms with Crippen molar-refractivity contribution in [1.29, 1.82) is 0 Å². The van der Waals surface area contributed by atoms with Crippen LogP contribution in [0.25, 0.3) is 0 Å². The first-order chi connectivity index (χ1) is 6.94. The molecule has 0 radical (unpaired) electrons. The first-order valence-electron chi connectivity index (χ1n) is 5.04. The number of piperazine rings is 1. The molecule has 0 aromatic rings. The van der Waals surface area contributed by atoms with Crippen molar-refractivity contribution in [3.05, 3.63) is 0 Å². The Labute approximate surface area is 89.8 Å². The maximum absolute atomic E-state index is 11.8. The topological polar surface area (TPSA) is 58.6 Å². The van der Waals surface area contributed by atoms with E-state index < -0.39 is 5.60 Å². The van der Waals surface area contributed by atoms with Gasteiger partial charge >= 0.3 is 0 Å². The fraction of sp³-hybridized carbons (Fsp3) is 0.800. The van der Waals surface area contributed by atoms with E-state index in [0.717, 1.165) is 0 Å². The lowest BCUT2D eigenvalue weighted by Crippen LogP contribution is -2.51. The third kappa shape index (κ3) is 3.51. The van der Waals surface area contributed by atoms with Crippen molar-refractivity contribution in [2.24, 2.45) is 0 Å². The second-order valence-electron chi connectivity index (χ2n) is 4.31. The van der Waals surface area contributed by atoms with Crippen LogP contribution in [0.3, 0.4) is 0 Å². The lowest BCUT2D eigenvalue weighted by Gasteiger charge is -2.30. The molecule has 0 atom stereocenters. The van der Waals surface area contributed by atoms with E-state index in [9.17, 15) is 9.59 Å². The van der Waals surface area contributed by atoms with Crippen molar-refractivity contribution in [3.63, 3.8) is 0 Å². The number of carbonyl (C=O) groups is 2. The number of rotatable bonds is 3. The fourth-order valence-corrected chi connectivity index (χ4v) is 1.40. The molecule has 86 valence electrons. The molecule has 1 fully saturated rings. The number of hydrogen-bond acceptors (Lipinski definition) is 3. The predicted molar refractivity (Wildman–Crippen MR) is 55.3 cm³/mol. The highest BCUT2D eigenvalue weighted by Crippen LogP contribution is 2.14. The summed E-state index contributed by atoms with van der Waals surface area (Å²) in [6.07, 6.45) is 0.302. The van der Waals surface area contributed by atoms with E-state index in [1.807, 2.05) is 13.8 Å². The van der Waals surface area contributed by atoms with Crippen molar-refractivity contribution in [2.75, 3.05) is 26.7 Å². The van der Waals surface area contributed by atoms with Crippen molar-refractivity contribution < 1.29 is 14.3 Å². The van der Waals surface area contributed by atoms with E-state index in [-0.39, 0.29) is 18.4 Å². The quantitative estimate of drug-likeness (QED) is 0.705. The van der Waals surface area contributed by atoms with Crippen molar-refractivity contribution >= 4 is 11.8 Å². The van der Waals surface area contributed by atoms with Crippen LogP contribution in [0.15, 0.2) is 0 Å². The van der Waals surface area contributed by atoms with E-state index in [1.165, 1.54) is 0 Å². The van der Waals surface area contributed by atoms with Crippen molar-refractivity contribution in [3.8, 4) is 0 Å². The predicted octanol–water partition coefficient (Wildman–Crippen LogP) is -0.240. The molecule has 0 bridgehead atoms. The van der Waals surface area contributed by atoms with E-state index in [0.29, 0.717) is 19.5 Å². The maximum Gasteiger partial charge on any atom is 0.239 e. The van der Waals surface area contributed by atoms with Crippen LogP contribution in [-0.2, 0) is 14.3 Å². The molecule has 0 saturated carbocycles. The molecule has 5 nitrogen and oxygen atoms in total. The number of nitrogens with one attached hydrogen (secondary N) is 1. The minimum Gasteiger partial charge on any atom is -0.378 e. The number of nitrogens with zero attached hydrogens (tertiary/aromatic N) is 1. The van der Waals surface area contributed by atoms with E-state index >= 15 is 0 Å². The number of hydrogen-bond donors (Lipinski definition) is 1. The summed E-state index contributed by atoms with van der Waals surface area (Å²) in [6, 6.07) is 0. The summed E-state index contributed by atoms with van der Waals surface area (Å²) in [5.41, 5.74) is -0.467. The molecule has 5 heteroatoms. The third-order valence-electron chi connectivity index (χ3n) is 2.52. The molecule has 1 heterocycles. The van der Waals surface area contributed by atoms with Gasteiger partial charge in [0.05, 0.1) is 18.6 Å². The van der Waals surface area contributed by atoms with Gasteiger partial charge < -0.3 is 15.0 Å². The molecule has 1 saturated heterocycles. The second-order valence-corrected chi connectivity index (χ2v) is 4.31. The Balaban J connectivity index is 2.49. The van der Waals surface area contributed by atoms with Crippen LogP contribution < -0.4 is 5.32 Å². The zero-order chi connectivity index (χ0) is 11.5. The molecular weight excluding hydrogens is 196 g/mol. The van der Waals surface area contributed by atoms with E-state index in [2.05, 4.69) is 5.32 Å². The molecular formula is C10H18N2O3. The van der Waals surface area contributed by atoms with Gasteiger partial charge in [-0.3, -0.25) is 9.59 Å². The zero-order valence-corrected chi connectivity index (χ0v) is 9.50. The van der Waals surface area contributed by atoms with Gasteiger partial charge in [0.25, 0.3) is 0 Å². The Morgan fingerprint density at radius 1 is 1.60 bits per heavy atom. The summed E-state index contributed by atoms with van der Waals surface area (Å²) >= 11 is 0. The number of amides is 2. The van der Waals surface area contributed by atoms with Gasteiger partial charge in [-0.15, -0.1) is 0 Å². The summed E-state index contributed by atoms with van der Waals surface area (Å²) in [4.78, 5) is 24.4. The fourth-order valence-electron chi connectivity index (χ4n) is 1.40. The average molecular weight is 214 g/mol. The summed E-state index contributed by atoms with van der Waals surface area (Å²) in [6.45, 7) is 5.00. The minimum atomic E-state index is -0.467. The number of carbonyl (C=O) groups excluding carboxylic acids is 2. The smallest absolute Gasteiger partial charge is 0.239 e. The Morgan fingerprint density at radius 3 is 2.80 bits per heavy atom. The molecule has 0 unspecified atom stereocenters. The van der Waals surface area contributed by atoms with E-state index in [1.54, 1.807) is 12.0 Å². The summed E-state index contributed by atoms with van der Waals surface area (Å²) in [5, 5.41) is 2.68. The Kier molecular flexibility index (Phi) is 3.68. The van der Waals surface area contributed by atoms with Gasteiger partial charge in [0, 0.05) is 20.2 Å². The molecule has 0 aromatic heterocycles. The Hall–Kier alpha value is -1.10. The average Bonchev–Trinajstić information content (AvgIpc) is 2.17. The highest BCUT2D eigenvalue weighted by Gasteiger charge is 2.27. The molecule has 1 rings (SSSR count). The molecule has 1 N–H and O–H groups in total. The summed E-state index contributed by atoms with van der Waals surface area (Å²) < 4.78 is 5.18. The minimum absolute atomic E-state index is 0.0308. The van der Waals surface area contributed by atoms with Gasteiger partial charge in [0.15, 0.2) is 0 Å².